The van der Waals surface area contributed by atoms with E-state index in [1.54, 1.807) is 6.20 Å². The zero-order valence-corrected chi connectivity index (χ0v) is 11.1. The first-order valence-electron chi connectivity index (χ1n) is 6.53. The van der Waals surface area contributed by atoms with E-state index < -0.39 is 6.67 Å². The van der Waals surface area contributed by atoms with Crippen LogP contribution in [-0.2, 0) is 24.3 Å². The second-order valence-electron chi connectivity index (χ2n) is 4.42. The monoisotopic (exact) mass is 276 g/mol. The van der Waals surface area contributed by atoms with Gasteiger partial charge in [0.2, 0.25) is 5.91 Å². The number of carbonyl (C=O) groups excluding carboxylic acids is 1. The smallest absolute Gasteiger partial charge is 0.220 e. The van der Waals surface area contributed by atoms with Crippen LogP contribution in [0.3, 0.4) is 0 Å². The van der Waals surface area contributed by atoms with Crippen LogP contribution in [0.2, 0.25) is 0 Å². The Balaban J connectivity index is 1.71. The van der Waals surface area contributed by atoms with Crippen LogP contribution in [0, 0.1) is 0 Å². The van der Waals surface area contributed by atoms with Gasteiger partial charge in [-0.1, -0.05) is 35.5 Å². The van der Waals surface area contributed by atoms with E-state index in [0.717, 1.165) is 5.56 Å². The molecule has 0 bridgehead atoms. The van der Waals surface area contributed by atoms with Crippen molar-refractivity contribution in [1.82, 2.24) is 20.3 Å². The van der Waals surface area contributed by atoms with Gasteiger partial charge < -0.3 is 5.32 Å². The molecule has 0 saturated carbocycles. The summed E-state index contributed by atoms with van der Waals surface area (Å²) >= 11 is 0. The topological polar surface area (TPSA) is 59.8 Å². The van der Waals surface area contributed by atoms with E-state index in [-0.39, 0.29) is 12.5 Å². The van der Waals surface area contributed by atoms with Gasteiger partial charge in [0.25, 0.3) is 0 Å². The molecule has 1 N–H and O–H groups in total. The maximum absolute atomic E-state index is 12.1. The molecular weight excluding hydrogens is 259 g/mol. The van der Waals surface area contributed by atoms with Crippen LogP contribution in [0.1, 0.15) is 17.7 Å². The van der Waals surface area contributed by atoms with Crippen molar-refractivity contribution >= 4 is 5.91 Å². The molecule has 2 aromatic rings. The quantitative estimate of drug-likeness (QED) is 0.833. The molecule has 106 valence electrons. The van der Waals surface area contributed by atoms with Gasteiger partial charge in [0.05, 0.1) is 12.2 Å². The van der Waals surface area contributed by atoms with Crippen molar-refractivity contribution in [3.8, 4) is 0 Å². The molecule has 0 radical (unpaired) electrons. The summed E-state index contributed by atoms with van der Waals surface area (Å²) in [5, 5.41) is 10.5. The molecule has 1 aromatic carbocycles. The largest absolute Gasteiger partial charge is 0.352 e. The summed E-state index contributed by atoms with van der Waals surface area (Å²) in [6, 6.07) is 9.73. The fourth-order valence-electron chi connectivity index (χ4n) is 1.78. The highest BCUT2D eigenvalue weighted by molar-refractivity contribution is 5.76. The zero-order valence-electron chi connectivity index (χ0n) is 11.1. The number of aromatic nitrogens is 3. The molecule has 0 aliphatic rings. The molecule has 0 aliphatic heterocycles. The van der Waals surface area contributed by atoms with Gasteiger partial charge in [-0.15, -0.1) is 5.10 Å². The van der Waals surface area contributed by atoms with Crippen molar-refractivity contribution in [1.29, 1.82) is 0 Å². The average molecular weight is 276 g/mol. The predicted octanol–water partition coefficient (Wildman–Crippen LogP) is 1.50. The third-order valence-corrected chi connectivity index (χ3v) is 2.84. The Morgan fingerprint density at radius 3 is 2.85 bits per heavy atom. The van der Waals surface area contributed by atoms with Crippen LogP contribution in [0.4, 0.5) is 4.39 Å². The molecular formula is C14H17FN4O. The normalized spacial score (nSPS) is 10.4. The number of amides is 1. The highest BCUT2D eigenvalue weighted by Gasteiger charge is 2.05. The third-order valence-electron chi connectivity index (χ3n) is 2.84. The lowest BCUT2D eigenvalue weighted by molar-refractivity contribution is -0.121. The minimum absolute atomic E-state index is 0.0334. The van der Waals surface area contributed by atoms with E-state index in [0.29, 0.717) is 25.1 Å². The number of halogens is 1. The van der Waals surface area contributed by atoms with Gasteiger partial charge in [-0.05, 0) is 5.56 Å². The summed E-state index contributed by atoms with van der Waals surface area (Å²) in [6.07, 6.45) is 2.53. The average Bonchev–Trinajstić information content (AvgIpc) is 2.92. The highest BCUT2D eigenvalue weighted by atomic mass is 19.1. The van der Waals surface area contributed by atoms with Crippen molar-refractivity contribution in [3.05, 3.63) is 47.8 Å². The van der Waals surface area contributed by atoms with Gasteiger partial charge in [-0.2, -0.15) is 0 Å². The number of aryl methyl sites for hydroxylation is 2. The minimum Gasteiger partial charge on any atom is -0.352 e. The fraction of sp³-hybridized carbons (Fsp3) is 0.357. The van der Waals surface area contributed by atoms with Crippen molar-refractivity contribution < 1.29 is 9.18 Å². The number of rotatable bonds is 7. The molecule has 0 spiro atoms. The van der Waals surface area contributed by atoms with E-state index in [1.165, 1.54) is 4.68 Å². The molecule has 1 amide bonds. The maximum Gasteiger partial charge on any atom is 0.220 e. The summed E-state index contributed by atoms with van der Waals surface area (Å²) in [5.41, 5.74) is 1.77. The van der Waals surface area contributed by atoms with E-state index in [4.69, 9.17) is 0 Å². The molecule has 0 atom stereocenters. The molecule has 0 unspecified atom stereocenters. The Labute approximate surface area is 116 Å². The summed E-state index contributed by atoms with van der Waals surface area (Å²) in [5.74, 6) is -0.0334. The van der Waals surface area contributed by atoms with Crippen molar-refractivity contribution in [3.63, 3.8) is 0 Å². The SMILES string of the molecule is O=C(CCc1cn(CCF)nn1)NCc1ccccc1. The molecule has 1 heterocycles. The number of alkyl halides is 1. The standard InChI is InChI=1S/C14H17FN4O/c15-8-9-19-11-13(17-18-19)6-7-14(20)16-10-12-4-2-1-3-5-12/h1-5,11H,6-10H2,(H,16,20). The highest BCUT2D eigenvalue weighted by Crippen LogP contribution is 2.00. The Hall–Kier alpha value is -2.24. The van der Waals surface area contributed by atoms with Crippen LogP contribution >= 0.6 is 0 Å². The number of nitrogens with zero attached hydrogens (tertiary/aromatic N) is 3. The fourth-order valence-corrected chi connectivity index (χ4v) is 1.78. The Morgan fingerprint density at radius 1 is 1.30 bits per heavy atom. The lowest BCUT2D eigenvalue weighted by atomic mass is 10.2. The molecule has 0 fully saturated rings. The van der Waals surface area contributed by atoms with E-state index in [9.17, 15) is 9.18 Å². The second-order valence-corrected chi connectivity index (χ2v) is 4.42. The number of benzene rings is 1. The van der Waals surface area contributed by atoms with Crippen LogP contribution in [0.15, 0.2) is 36.5 Å². The zero-order chi connectivity index (χ0) is 14.2. The van der Waals surface area contributed by atoms with Gasteiger partial charge >= 0.3 is 0 Å². The first-order valence-corrected chi connectivity index (χ1v) is 6.53. The summed E-state index contributed by atoms with van der Waals surface area (Å²) < 4.78 is 13.6. The number of carbonyl (C=O) groups is 1. The summed E-state index contributed by atoms with van der Waals surface area (Å²) in [4.78, 5) is 11.7. The Kier molecular flexibility index (Phi) is 5.23. The van der Waals surface area contributed by atoms with Gasteiger partial charge in [0.15, 0.2) is 0 Å². The van der Waals surface area contributed by atoms with Gasteiger partial charge in [0, 0.05) is 25.6 Å². The van der Waals surface area contributed by atoms with Crippen LogP contribution < -0.4 is 5.32 Å². The summed E-state index contributed by atoms with van der Waals surface area (Å²) in [6.45, 7) is 0.252. The number of nitrogens with one attached hydrogen (secondary N) is 1. The first kappa shape index (κ1) is 14.2. The molecule has 0 saturated heterocycles. The molecule has 5 nitrogen and oxygen atoms in total. The Bertz CT molecular complexity index is 541. The molecule has 0 aliphatic carbocycles. The van der Waals surface area contributed by atoms with Gasteiger partial charge in [0.1, 0.15) is 6.67 Å². The van der Waals surface area contributed by atoms with Crippen LogP contribution in [-0.4, -0.2) is 27.6 Å². The first-order chi connectivity index (χ1) is 9.78. The molecule has 6 heteroatoms. The van der Waals surface area contributed by atoms with E-state index in [2.05, 4.69) is 15.6 Å². The van der Waals surface area contributed by atoms with Crippen LogP contribution in [0.25, 0.3) is 0 Å². The predicted molar refractivity (Wildman–Crippen MR) is 72.6 cm³/mol. The lowest BCUT2D eigenvalue weighted by Crippen LogP contribution is -2.22. The van der Waals surface area contributed by atoms with Gasteiger partial charge in [-0.3, -0.25) is 4.79 Å². The minimum atomic E-state index is -0.472. The van der Waals surface area contributed by atoms with Crippen LogP contribution in [0.5, 0.6) is 0 Å². The Morgan fingerprint density at radius 2 is 2.10 bits per heavy atom. The van der Waals surface area contributed by atoms with E-state index in [1.807, 2.05) is 30.3 Å². The second kappa shape index (κ2) is 7.37. The lowest BCUT2D eigenvalue weighted by Gasteiger charge is -2.04. The molecule has 20 heavy (non-hydrogen) atoms. The van der Waals surface area contributed by atoms with Crippen molar-refractivity contribution in [2.75, 3.05) is 6.67 Å². The van der Waals surface area contributed by atoms with Crippen molar-refractivity contribution in [2.45, 2.75) is 25.9 Å². The summed E-state index contributed by atoms with van der Waals surface area (Å²) in [7, 11) is 0. The third kappa shape index (κ3) is 4.46. The van der Waals surface area contributed by atoms with E-state index >= 15 is 0 Å². The molecule has 1 aromatic heterocycles. The maximum atomic E-state index is 12.1. The van der Waals surface area contributed by atoms with Crippen molar-refractivity contribution in [2.24, 2.45) is 0 Å². The number of hydrogen-bond acceptors (Lipinski definition) is 3. The molecule has 2 rings (SSSR count). The number of hydrogen-bond donors (Lipinski definition) is 1. The van der Waals surface area contributed by atoms with Gasteiger partial charge in [-0.25, -0.2) is 9.07 Å².